The predicted molar refractivity (Wildman–Crippen MR) is 57.6 cm³/mol. The van der Waals surface area contributed by atoms with Gasteiger partial charge in [0, 0.05) is 10.2 Å². The Labute approximate surface area is 75.6 Å². The molecule has 2 aromatic carbocycles. The van der Waals surface area contributed by atoms with E-state index in [1.807, 2.05) is 0 Å². The van der Waals surface area contributed by atoms with Gasteiger partial charge in [-0.2, -0.15) is 0 Å². The van der Waals surface area contributed by atoms with Gasteiger partial charge in [-0.3, -0.25) is 0 Å². The van der Waals surface area contributed by atoms with Crippen molar-refractivity contribution in [3.63, 3.8) is 0 Å². The summed E-state index contributed by atoms with van der Waals surface area (Å²) < 4.78 is 0. The molecule has 0 fully saturated rings. The van der Waals surface area contributed by atoms with Crippen LogP contribution in [0.25, 0.3) is 10.8 Å². The van der Waals surface area contributed by atoms with Gasteiger partial charge in [-0.25, -0.2) is 0 Å². The number of hydrogen-bond donors (Lipinski definition) is 0. The first kappa shape index (κ1) is 7.56. The summed E-state index contributed by atoms with van der Waals surface area (Å²) >= 11 is 0. The molecule has 0 N–H and O–H groups in total. The van der Waals surface area contributed by atoms with E-state index in [1.54, 1.807) is 0 Å². The van der Waals surface area contributed by atoms with Crippen LogP contribution in [0.5, 0.6) is 0 Å². The van der Waals surface area contributed by atoms with E-state index in [-0.39, 0.29) is 0 Å². The van der Waals surface area contributed by atoms with E-state index in [1.165, 1.54) is 32.6 Å². The molecule has 0 unspecified atom stereocenters. The smallest absolute Gasteiger partial charge is 0.00836 e. The van der Waals surface area contributed by atoms with Crippen LogP contribution in [0.3, 0.4) is 0 Å². The van der Waals surface area contributed by atoms with E-state index in [0.29, 0.717) is 0 Å². The zero-order valence-electron chi connectivity index (χ0n) is 7.25. The summed E-state index contributed by atoms with van der Waals surface area (Å²) in [4.78, 5) is 0. The molecule has 0 bridgehead atoms. The van der Waals surface area contributed by atoms with Gasteiger partial charge in [0.25, 0.3) is 0 Å². The zero-order chi connectivity index (χ0) is 8.39. The molecule has 0 radical (unpaired) electrons. The highest BCUT2D eigenvalue weighted by Gasteiger charge is 1.95. The Balaban J connectivity index is 2.79. The molecule has 0 amide bonds. The first-order chi connectivity index (χ1) is 5.92. The number of fused-ring (bicyclic) bond motifs is 1. The van der Waals surface area contributed by atoms with Crippen molar-refractivity contribution in [2.75, 3.05) is 0 Å². The lowest BCUT2D eigenvalue weighted by Crippen LogP contribution is -1.84. The minimum absolute atomic E-state index is 1.25. The lowest BCUT2D eigenvalue weighted by atomic mass is 10.1. The maximum Gasteiger partial charge on any atom is 0.00836 e. The molecule has 0 heterocycles. The highest BCUT2D eigenvalue weighted by Crippen LogP contribution is 2.17. The van der Waals surface area contributed by atoms with Gasteiger partial charge in [0.15, 0.2) is 0 Å². The molecule has 0 saturated carbocycles. The largest absolute Gasteiger partial charge is 0.0616 e. The second-order valence-electron chi connectivity index (χ2n) is 2.99. The van der Waals surface area contributed by atoms with Crippen LogP contribution in [0.1, 0.15) is 5.56 Å². The third-order valence-corrected chi connectivity index (χ3v) is 3.02. The molecule has 0 aliphatic rings. The van der Waals surface area contributed by atoms with Gasteiger partial charge in [-0.15, -0.1) is 0 Å². The van der Waals surface area contributed by atoms with Gasteiger partial charge in [-0.1, -0.05) is 42.5 Å². The van der Waals surface area contributed by atoms with E-state index in [0.717, 1.165) is 0 Å². The van der Waals surface area contributed by atoms with E-state index < -0.39 is 0 Å². The molecular formula is C11H12Si. The molecule has 12 heavy (non-hydrogen) atoms. The Morgan fingerprint density at radius 2 is 1.67 bits per heavy atom. The molecule has 0 saturated heterocycles. The van der Waals surface area contributed by atoms with Gasteiger partial charge in [-0.05, 0) is 22.4 Å². The molecule has 0 nitrogen and oxygen atoms in total. The van der Waals surface area contributed by atoms with E-state index in [9.17, 15) is 0 Å². The van der Waals surface area contributed by atoms with Crippen LogP contribution in [-0.2, 0) is 6.04 Å². The molecule has 2 rings (SSSR count). The first-order valence-electron chi connectivity index (χ1n) is 4.38. The summed E-state index contributed by atoms with van der Waals surface area (Å²) in [6, 6.07) is 16.4. The fourth-order valence-corrected chi connectivity index (χ4v) is 2.22. The van der Waals surface area contributed by atoms with Crippen LogP contribution < -0.4 is 0 Å². The summed E-state index contributed by atoms with van der Waals surface area (Å²) in [5.74, 6) is 0. The average molecular weight is 172 g/mol. The molecule has 60 valence electrons. The third-order valence-electron chi connectivity index (χ3n) is 2.26. The molecule has 0 spiro atoms. The highest BCUT2D eigenvalue weighted by atomic mass is 28.1. The molecule has 0 atom stereocenters. The quantitative estimate of drug-likeness (QED) is 0.574. The van der Waals surface area contributed by atoms with Gasteiger partial charge < -0.3 is 0 Å². The van der Waals surface area contributed by atoms with Gasteiger partial charge in [0.2, 0.25) is 0 Å². The van der Waals surface area contributed by atoms with Crippen LogP contribution in [-0.4, -0.2) is 10.2 Å². The second kappa shape index (κ2) is 3.11. The molecular weight excluding hydrogens is 160 g/mol. The molecule has 0 aliphatic heterocycles. The van der Waals surface area contributed by atoms with E-state index >= 15 is 0 Å². The Morgan fingerprint density at radius 3 is 2.50 bits per heavy atom. The van der Waals surface area contributed by atoms with Crippen molar-refractivity contribution in [1.29, 1.82) is 0 Å². The van der Waals surface area contributed by atoms with Crippen molar-refractivity contribution in [2.45, 2.75) is 6.04 Å². The Kier molecular flexibility index (Phi) is 1.96. The molecule has 1 heteroatoms. The topological polar surface area (TPSA) is 0 Å². The Morgan fingerprint density at radius 1 is 0.917 bits per heavy atom. The van der Waals surface area contributed by atoms with Crippen molar-refractivity contribution in [3.8, 4) is 0 Å². The van der Waals surface area contributed by atoms with E-state index in [4.69, 9.17) is 0 Å². The standard InChI is InChI=1S/C11H12Si/c12-8-10-6-3-5-9-4-1-2-7-11(9)10/h1-7H,8H2,12H3. The van der Waals surface area contributed by atoms with E-state index in [2.05, 4.69) is 42.5 Å². The van der Waals surface area contributed by atoms with Gasteiger partial charge in [0.05, 0.1) is 0 Å². The number of hydrogen-bond acceptors (Lipinski definition) is 0. The maximum atomic E-state index is 2.23. The predicted octanol–water partition coefficient (Wildman–Crippen LogP) is 1.71. The average Bonchev–Trinajstić information content (AvgIpc) is 2.17. The van der Waals surface area contributed by atoms with Crippen LogP contribution >= 0.6 is 0 Å². The van der Waals surface area contributed by atoms with Crippen molar-refractivity contribution in [1.82, 2.24) is 0 Å². The zero-order valence-corrected chi connectivity index (χ0v) is 9.25. The summed E-state index contributed by atoms with van der Waals surface area (Å²) in [7, 11) is 1.25. The summed E-state index contributed by atoms with van der Waals surface area (Å²) in [6.07, 6.45) is 0. The minimum Gasteiger partial charge on any atom is -0.0616 e. The fourth-order valence-electron chi connectivity index (χ4n) is 1.60. The fraction of sp³-hybridized carbons (Fsp3) is 0.0909. The van der Waals surface area contributed by atoms with Gasteiger partial charge >= 0.3 is 0 Å². The SMILES string of the molecule is [SiH3]Cc1cccc2ccccc12. The Hall–Kier alpha value is -1.08. The normalized spacial score (nSPS) is 10.7. The van der Waals surface area contributed by atoms with Crippen LogP contribution in [0.2, 0.25) is 0 Å². The minimum atomic E-state index is 1.25. The lowest BCUT2D eigenvalue weighted by Gasteiger charge is -2.02. The van der Waals surface area contributed by atoms with Gasteiger partial charge in [0.1, 0.15) is 0 Å². The summed E-state index contributed by atoms with van der Waals surface area (Å²) in [5, 5.41) is 2.79. The van der Waals surface area contributed by atoms with Crippen LogP contribution in [0.4, 0.5) is 0 Å². The monoisotopic (exact) mass is 172 g/mol. The molecule has 2 aromatic rings. The first-order valence-corrected chi connectivity index (χ1v) is 5.80. The van der Waals surface area contributed by atoms with Crippen LogP contribution in [0, 0.1) is 0 Å². The summed E-state index contributed by atoms with van der Waals surface area (Å²) in [6.45, 7) is 0. The van der Waals surface area contributed by atoms with Crippen molar-refractivity contribution < 1.29 is 0 Å². The number of rotatable bonds is 1. The highest BCUT2D eigenvalue weighted by molar-refractivity contribution is 6.09. The van der Waals surface area contributed by atoms with Crippen LogP contribution in [0.15, 0.2) is 42.5 Å². The van der Waals surface area contributed by atoms with Crippen molar-refractivity contribution in [3.05, 3.63) is 48.0 Å². The Bertz CT molecular complexity index is 388. The molecule has 0 aromatic heterocycles. The summed E-state index contributed by atoms with van der Waals surface area (Å²) in [5.41, 5.74) is 1.50. The van der Waals surface area contributed by atoms with Crippen molar-refractivity contribution >= 4 is 21.0 Å². The molecule has 0 aliphatic carbocycles. The number of benzene rings is 2. The van der Waals surface area contributed by atoms with Crippen molar-refractivity contribution in [2.24, 2.45) is 0 Å². The lowest BCUT2D eigenvalue weighted by molar-refractivity contribution is 1.45. The second-order valence-corrected chi connectivity index (χ2v) is 3.70. The third kappa shape index (κ3) is 1.16. The maximum absolute atomic E-state index is 2.23.